The predicted molar refractivity (Wildman–Crippen MR) is 126 cm³/mol. The standard InChI is InChI=1S/C19H33N5OS.HI/c1-20-19(21-15-17-5-3-9-23(17)12-13-25-2)22-16-7-10-24(11-8-16)18-6-4-14-26-18;/h4,6,14,16-17H,3,5,7-13,15H2,1-2H3,(H2,20,21,22);1H. The maximum absolute atomic E-state index is 5.23. The number of guanidine groups is 1. The molecule has 154 valence electrons. The molecule has 0 bridgehead atoms. The fourth-order valence-electron chi connectivity index (χ4n) is 3.93. The van der Waals surface area contributed by atoms with Crippen LogP contribution < -0.4 is 15.5 Å². The summed E-state index contributed by atoms with van der Waals surface area (Å²) in [5.41, 5.74) is 0. The minimum absolute atomic E-state index is 0. The molecule has 3 heterocycles. The van der Waals surface area contributed by atoms with E-state index in [-0.39, 0.29) is 24.0 Å². The Hall–Kier alpha value is -0.580. The van der Waals surface area contributed by atoms with E-state index in [1.165, 1.54) is 24.4 Å². The maximum atomic E-state index is 5.23. The summed E-state index contributed by atoms with van der Waals surface area (Å²) in [6.07, 6.45) is 4.85. The normalized spacial score (nSPS) is 21.9. The molecule has 0 aromatic carbocycles. The molecular weight excluding hydrogens is 473 g/mol. The molecule has 1 aromatic rings. The van der Waals surface area contributed by atoms with E-state index in [1.54, 1.807) is 7.11 Å². The van der Waals surface area contributed by atoms with Crippen molar-refractivity contribution < 1.29 is 4.74 Å². The number of hydrogen-bond acceptors (Lipinski definition) is 5. The first-order chi connectivity index (χ1) is 12.8. The van der Waals surface area contributed by atoms with Crippen LogP contribution in [0.1, 0.15) is 25.7 Å². The van der Waals surface area contributed by atoms with Crippen LogP contribution in [0.2, 0.25) is 0 Å². The van der Waals surface area contributed by atoms with E-state index in [0.717, 1.165) is 51.6 Å². The average molecular weight is 507 g/mol. The van der Waals surface area contributed by atoms with Crippen molar-refractivity contribution in [3.05, 3.63) is 17.5 Å². The number of thiophene rings is 1. The van der Waals surface area contributed by atoms with E-state index in [4.69, 9.17) is 4.74 Å². The molecule has 2 N–H and O–H groups in total. The smallest absolute Gasteiger partial charge is 0.191 e. The Bertz CT molecular complexity index is 548. The number of nitrogens with zero attached hydrogens (tertiary/aromatic N) is 3. The SMILES string of the molecule is CN=C(NCC1CCCN1CCOC)NC1CCN(c2cccs2)CC1.I. The molecule has 1 aromatic heterocycles. The molecule has 8 heteroatoms. The Morgan fingerprint density at radius 3 is 2.78 bits per heavy atom. The van der Waals surface area contributed by atoms with E-state index in [0.29, 0.717) is 12.1 Å². The lowest BCUT2D eigenvalue weighted by Gasteiger charge is -2.34. The average Bonchev–Trinajstić information content (AvgIpc) is 3.36. The summed E-state index contributed by atoms with van der Waals surface area (Å²) in [4.78, 5) is 9.46. The number of aliphatic imine (C=N–C) groups is 1. The fourth-order valence-corrected chi connectivity index (χ4v) is 4.71. The van der Waals surface area contributed by atoms with E-state index >= 15 is 0 Å². The zero-order valence-electron chi connectivity index (χ0n) is 16.5. The van der Waals surface area contributed by atoms with Crippen molar-refractivity contribution in [2.24, 2.45) is 4.99 Å². The molecule has 0 spiro atoms. The molecule has 6 nitrogen and oxygen atoms in total. The Morgan fingerprint density at radius 1 is 1.30 bits per heavy atom. The minimum atomic E-state index is 0. The Morgan fingerprint density at radius 2 is 2.11 bits per heavy atom. The van der Waals surface area contributed by atoms with Crippen molar-refractivity contribution in [2.45, 2.75) is 37.8 Å². The Kier molecular flexibility index (Phi) is 10.2. The number of rotatable bonds is 7. The fraction of sp³-hybridized carbons (Fsp3) is 0.737. The highest BCUT2D eigenvalue weighted by molar-refractivity contribution is 14.0. The van der Waals surface area contributed by atoms with Crippen LogP contribution in [0.15, 0.2) is 22.5 Å². The highest BCUT2D eigenvalue weighted by Gasteiger charge is 2.25. The molecule has 0 saturated carbocycles. The molecule has 2 fully saturated rings. The molecule has 2 saturated heterocycles. The van der Waals surface area contributed by atoms with E-state index < -0.39 is 0 Å². The summed E-state index contributed by atoms with van der Waals surface area (Å²) >= 11 is 1.83. The predicted octanol–water partition coefficient (Wildman–Crippen LogP) is 2.61. The van der Waals surface area contributed by atoms with Crippen LogP contribution in [0.5, 0.6) is 0 Å². The highest BCUT2D eigenvalue weighted by atomic mass is 127. The molecule has 0 radical (unpaired) electrons. The third kappa shape index (κ3) is 6.76. The van der Waals surface area contributed by atoms with Gasteiger partial charge in [0.2, 0.25) is 0 Å². The maximum Gasteiger partial charge on any atom is 0.191 e. The number of piperidine rings is 1. The molecular formula is C19H34IN5OS. The lowest BCUT2D eigenvalue weighted by Crippen LogP contribution is -2.51. The van der Waals surface area contributed by atoms with Gasteiger partial charge >= 0.3 is 0 Å². The molecule has 1 atom stereocenters. The van der Waals surface area contributed by atoms with Gasteiger partial charge in [0.05, 0.1) is 11.6 Å². The summed E-state index contributed by atoms with van der Waals surface area (Å²) in [6.45, 7) is 6.20. The Labute approximate surface area is 184 Å². The van der Waals surface area contributed by atoms with Gasteiger partial charge in [-0.1, -0.05) is 0 Å². The van der Waals surface area contributed by atoms with E-state index in [2.05, 4.69) is 42.9 Å². The van der Waals surface area contributed by atoms with Gasteiger partial charge in [0.15, 0.2) is 5.96 Å². The monoisotopic (exact) mass is 507 g/mol. The third-order valence-electron chi connectivity index (χ3n) is 5.46. The van der Waals surface area contributed by atoms with Gasteiger partial charge in [-0.3, -0.25) is 9.89 Å². The van der Waals surface area contributed by atoms with Gasteiger partial charge in [-0.25, -0.2) is 0 Å². The second-order valence-electron chi connectivity index (χ2n) is 7.13. The summed E-state index contributed by atoms with van der Waals surface area (Å²) in [6, 6.07) is 5.44. The lowest BCUT2D eigenvalue weighted by molar-refractivity contribution is 0.141. The first-order valence-electron chi connectivity index (χ1n) is 9.78. The second kappa shape index (κ2) is 12.1. The number of ether oxygens (including phenoxy) is 1. The zero-order chi connectivity index (χ0) is 18.2. The number of hydrogen-bond donors (Lipinski definition) is 2. The van der Waals surface area contributed by atoms with Gasteiger partial charge in [-0.2, -0.15) is 0 Å². The number of anilines is 1. The number of nitrogens with one attached hydrogen (secondary N) is 2. The third-order valence-corrected chi connectivity index (χ3v) is 6.39. The van der Waals surface area contributed by atoms with Crippen LogP contribution in [-0.4, -0.2) is 76.4 Å². The van der Waals surface area contributed by atoms with Crippen molar-refractivity contribution in [1.29, 1.82) is 0 Å². The van der Waals surface area contributed by atoms with Crippen LogP contribution >= 0.6 is 35.3 Å². The van der Waals surface area contributed by atoms with Crippen molar-refractivity contribution in [3.63, 3.8) is 0 Å². The number of methoxy groups -OCH3 is 1. The molecule has 1 unspecified atom stereocenters. The second-order valence-corrected chi connectivity index (χ2v) is 8.06. The number of halogens is 1. The first kappa shape index (κ1) is 22.7. The summed E-state index contributed by atoms with van der Waals surface area (Å²) in [5.74, 6) is 0.943. The van der Waals surface area contributed by atoms with Crippen molar-refractivity contribution in [3.8, 4) is 0 Å². The van der Waals surface area contributed by atoms with Crippen molar-refractivity contribution >= 4 is 46.3 Å². The van der Waals surface area contributed by atoms with Gasteiger partial charge in [0, 0.05) is 52.4 Å². The molecule has 27 heavy (non-hydrogen) atoms. The molecule has 0 amide bonds. The molecule has 2 aliphatic rings. The zero-order valence-corrected chi connectivity index (χ0v) is 19.7. The van der Waals surface area contributed by atoms with E-state index in [9.17, 15) is 0 Å². The molecule has 0 aliphatic carbocycles. The molecule has 3 rings (SSSR count). The van der Waals surface area contributed by atoms with Gasteiger partial charge in [-0.15, -0.1) is 35.3 Å². The first-order valence-corrected chi connectivity index (χ1v) is 10.7. The van der Waals surface area contributed by atoms with Crippen LogP contribution in [0.4, 0.5) is 5.00 Å². The largest absolute Gasteiger partial charge is 0.383 e. The van der Waals surface area contributed by atoms with Crippen LogP contribution in [0.3, 0.4) is 0 Å². The quantitative estimate of drug-likeness (QED) is 0.338. The number of likely N-dealkylation sites (tertiary alicyclic amines) is 1. The highest BCUT2D eigenvalue weighted by Crippen LogP contribution is 2.24. The topological polar surface area (TPSA) is 52.1 Å². The lowest BCUT2D eigenvalue weighted by atomic mass is 10.1. The van der Waals surface area contributed by atoms with Crippen molar-refractivity contribution in [1.82, 2.24) is 15.5 Å². The molecule has 2 aliphatic heterocycles. The van der Waals surface area contributed by atoms with Gasteiger partial charge in [0.25, 0.3) is 0 Å². The van der Waals surface area contributed by atoms with Crippen LogP contribution in [0.25, 0.3) is 0 Å². The minimum Gasteiger partial charge on any atom is -0.383 e. The van der Waals surface area contributed by atoms with Gasteiger partial charge in [-0.05, 0) is 49.7 Å². The summed E-state index contributed by atoms with van der Waals surface area (Å²) < 4.78 is 5.23. The van der Waals surface area contributed by atoms with E-state index in [1.807, 2.05) is 18.4 Å². The van der Waals surface area contributed by atoms with Crippen LogP contribution in [0, 0.1) is 0 Å². The van der Waals surface area contributed by atoms with Crippen molar-refractivity contribution in [2.75, 3.05) is 58.4 Å². The Balaban J connectivity index is 0.00000261. The summed E-state index contributed by atoms with van der Waals surface area (Å²) in [7, 11) is 3.65. The summed E-state index contributed by atoms with van der Waals surface area (Å²) in [5, 5.41) is 10.7. The van der Waals surface area contributed by atoms with Gasteiger partial charge < -0.3 is 20.3 Å². The van der Waals surface area contributed by atoms with Gasteiger partial charge in [0.1, 0.15) is 0 Å². The van der Waals surface area contributed by atoms with Crippen LogP contribution in [-0.2, 0) is 4.74 Å².